The van der Waals surface area contributed by atoms with Gasteiger partial charge in [-0.15, -0.1) is 0 Å². The van der Waals surface area contributed by atoms with Crippen molar-refractivity contribution in [3.8, 4) is 17.1 Å². The largest absolute Gasteiger partial charge is 0.497 e. The van der Waals surface area contributed by atoms with Crippen molar-refractivity contribution in [3.05, 3.63) is 36.2 Å². The van der Waals surface area contributed by atoms with Crippen LogP contribution in [0.15, 0.2) is 30.6 Å². The van der Waals surface area contributed by atoms with Crippen LogP contribution in [0.1, 0.15) is 10.4 Å². The second-order valence-corrected chi connectivity index (χ2v) is 3.57. The van der Waals surface area contributed by atoms with Crippen molar-refractivity contribution < 1.29 is 9.53 Å². The van der Waals surface area contributed by atoms with E-state index in [0.717, 1.165) is 0 Å². The van der Waals surface area contributed by atoms with Crippen molar-refractivity contribution in [2.24, 2.45) is 5.73 Å². The molecule has 0 spiro atoms. The highest BCUT2D eigenvalue weighted by Gasteiger charge is 2.15. The van der Waals surface area contributed by atoms with Crippen LogP contribution in [0, 0.1) is 0 Å². The predicted octanol–water partition coefficient (Wildman–Crippen LogP) is 0.833. The van der Waals surface area contributed by atoms with Crippen LogP contribution in [0.4, 0.5) is 5.69 Å². The van der Waals surface area contributed by atoms with Crippen LogP contribution in [-0.4, -0.2) is 23.0 Å². The lowest BCUT2D eigenvalue weighted by atomic mass is 10.1. The maximum Gasteiger partial charge on any atom is 0.250 e. The fraction of sp³-hybridized carbons (Fsp3) is 0.0833. The third-order valence-corrected chi connectivity index (χ3v) is 2.46. The summed E-state index contributed by atoms with van der Waals surface area (Å²) in [4.78, 5) is 19.5. The third kappa shape index (κ3) is 2.08. The topological polar surface area (TPSA) is 104 Å². The van der Waals surface area contributed by atoms with Crippen molar-refractivity contribution in [1.29, 1.82) is 0 Å². The van der Waals surface area contributed by atoms with Gasteiger partial charge >= 0.3 is 0 Å². The molecule has 0 atom stereocenters. The van der Waals surface area contributed by atoms with E-state index in [1.807, 2.05) is 0 Å². The highest BCUT2D eigenvalue weighted by atomic mass is 16.5. The Morgan fingerprint density at radius 3 is 2.50 bits per heavy atom. The Morgan fingerprint density at radius 1 is 1.28 bits per heavy atom. The number of methoxy groups -OCH3 is 1. The van der Waals surface area contributed by atoms with Gasteiger partial charge in [0.25, 0.3) is 5.91 Å². The molecular formula is C12H12N4O2. The van der Waals surface area contributed by atoms with E-state index in [1.54, 1.807) is 24.5 Å². The van der Waals surface area contributed by atoms with E-state index in [4.69, 9.17) is 16.2 Å². The molecular weight excluding hydrogens is 232 g/mol. The number of aromatic nitrogens is 2. The van der Waals surface area contributed by atoms with Crippen LogP contribution in [0.3, 0.4) is 0 Å². The molecule has 0 radical (unpaired) electrons. The quantitative estimate of drug-likeness (QED) is 0.778. The summed E-state index contributed by atoms with van der Waals surface area (Å²) in [5.41, 5.74) is 12.1. The molecule has 2 rings (SSSR count). The zero-order chi connectivity index (χ0) is 13.1. The van der Waals surface area contributed by atoms with E-state index >= 15 is 0 Å². The van der Waals surface area contributed by atoms with Gasteiger partial charge in [0.2, 0.25) is 0 Å². The van der Waals surface area contributed by atoms with Crippen LogP contribution in [0.2, 0.25) is 0 Å². The number of rotatable bonds is 3. The van der Waals surface area contributed by atoms with Crippen LogP contribution in [-0.2, 0) is 0 Å². The monoisotopic (exact) mass is 244 g/mol. The van der Waals surface area contributed by atoms with Gasteiger partial charge < -0.3 is 16.2 Å². The number of nitrogens with zero attached hydrogens (tertiary/aromatic N) is 2. The SMILES string of the molecule is COc1cc(C(N)=O)c(N)c(-c2ncccn2)c1. The Labute approximate surface area is 104 Å². The normalized spacial score (nSPS) is 10.1. The van der Waals surface area contributed by atoms with Gasteiger partial charge in [-0.05, 0) is 18.2 Å². The Kier molecular flexibility index (Phi) is 3.09. The average Bonchev–Trinajstić information content (AvgIpc) is 2.39. The van der Waals surface area contributed by atoms with E-state index in [1.165, 1.54) is 13.2 Å². The number of carbonyl (C=O) groups excluding carboxylic acids is 1. The van der Waals surface area contributed by atoms with Crippen LogP contribution >= 0.6 is 0 Å². The molecule has 0 fully saturated rings. The summed E-state index contributed by atoms with van der Waals surface area (Å²) in [7, 11) is 1.49. The Balaban J connectivity index is 2.67. The number of benzene rings is 1. The summed E-state index contributed by atoms with van der Waals surface area (Å²) in [6.45, 7) is 0. The molecule has 6 heteroatoms. The number of hydrogen-bond donors (Lipinski definition) is 2. The Bertz CT molecular complexity index is 584. The molecule has 0 unspecified atom stereocenters. The van der Waals surface area contributed by atoms with Gasteiger partial charge in [-0.3, -0.25) is 4.79 Å². The first kappa shape index (κ1) is 11.8. The highest BCUT2D eigenvalue weighted by Crippen LogP contribution is 2.30. The second kappa shape index (κ2) is 4.70. The molecule has 4 N–H and O–H groups in total. The van der Waals surface area contributed by atoms with Gasteiger partial charge in [0.15, 0.2) is 5.82 Å². The minimum atomic E-state index is -0.622. The molecule has 0 saturated heterocycles. The molecule has 0 saturated carbocycles. The van der Waals surface area contributed by atoms with Gasteiger partial charge in [0.05, 0.1) is 18.4 Å². The summed E-state index contributed by atoms with van der Waals surface area (Å²) in [6, 6.07) is 4.84. The van der Waals surface area contributed by atoms with Gasteiger partial charge in [-0.2, -0.15) is 0 Å². The number of ether oxygens (including phenoxy) is 1. The fourth-order valence-electron chi connectivity index (χ4n) is 1.57. The summed E-state index contributed by atoms with van der Waals surface area (Å²) in [6.07, 6.45) is 3.18. The lowest BCUT2D eigenvalue weighted by Gasteiger charge is -2.10. The third-order valence-electron chi connectivity index (χ3n) is 2.46. The van der Waals surface area contributed by atoms with E-state index in [-0.39, 0.29) is 11.3 Å². The van der Waals surface area contributed by atoms with Gasteiger partial charge in [-0.1, -0.05) is 0 Å². The van der Waals surface area contributed by atoms with E-state index in [2.05, 4.69) is 9.97 Å². The van der Waals surface area contributed by atoms with Gasteiger partial charge in [0.1, 0.15) is 5.75 Å². The number of anilines is 1. The zero-order valence-corrected chi connectivity index (χ0v) is 9.75. The Hall–Kier alpha value is -2.63. The molecule has 18 heavy (non-hydrogen) atoms. The zero-order valence-electron chi connectivity index (χ0n) is 9.75. The Morgan fingerprint density at radius 2 is 1.94 bits per heavy atom. The fourth-order valence-corrected chi connectivity index (χ4v) is 1.57. The molecule has 1 heterocycles. The van der Waals surface area contributed by atoms with E-state index < -0.39 is 5.91 Å². The molecule has 0 aliphatic rings. The van der Waals surface area contributed by atoms with E-state index in [0.29, 0.717) is 17.1 Å². The number of primary amides is 1. The number of amides is 1. The number of hydrogen-bond acceptors (Lipinski definition) is 5. The molecule has 2 aromatic rings. The molecule has 0 aliphatic heterocycles. The molecule has 1 aromatic carbocycles. The summed E-state index contributed by atoms with van der Waals surface area (Å²) in [5.74, 6) is 0.264. The minimum absolute atomic E-state index is 0.191. The molecule has 0 aliphatic carbocycles. The number of nitrogen functional groups attached to an aromatic ring is 1. The molecule has 6 nitrogen and oxygen atoms in total. The van der Waals surface area contributed by atoms with Crippen molar-refractivity contribution in [1.82, 2.24) is 9.97 Å². The lowest BCUT2D eigenvalue weighted by molar-refractivity contribution is 0.100. The molecule has 1 amide bonds. The number of nitrogens with two attached hydrogens (primary N) is 2. The van der Waals surface area contributed by atoms with Gasteiger partial charge in [0, 0.05) is 18.0 Å². The predicted molar refractivity (Wildman–Crippen MR) is 67.0 cm³/mol. The second-order valence-electron chi connectivity index (χ2n) is 3.57. The van der Waals surface area contributed by atoms with Crippen LogP contribution in [0.25, 0.3) is 11.4 Å². The van der Waals surface area contributed by atoms with Crippen LogP contribution < -0.4 is 16.2 Å². The molecule has 1 aromatic heterocycles. The maximum atomic E-state index is 11.3. The van der Waals surface area contributed by atoms with Crippen molar-refractivity contribution in [3.63, 3.8) is 0 Å². The first-order valence-corrected chi connectivity index (χ1v) is 5.18. The smallest absolute Gasteiger partial charge is 0.250 e. The van der Waals surface area contributed by atoms with Crippen molar-refractivity contribution in [2.45, 2.75) is 0 Å². The maximum absolute atomic E-state index is 11.3. The highest BCUT2D eigenvalue weighted by molar-refractivity contribution is 6.01. The van der Waals surface area contributed by atoms with Crippen molar-refractivity contribution >= 4 is 11.6 Å². The molecule has 92 valence electrons. The first-order valence-electron chi connectivity index (χ1n) is 5.18. The summed E-state index contributed by atoms with van der Waals surface area (Å²) >= 11 is 0. The summed E-state index contributed by atoms with van der Waals surface area (Å²) in [5, 5.41) is 0. The lowest BCUT2D eigenvalue weighted by Crippen LogP contribution is -2.14. The molecule has 0 bridgehead atoms. The number of carbonyl (C=O) groups is 1. The summed E-state index contributed by atoms with van der Waals surface area (Å²) < 4.78 is 5.10. The van der Waals surface area contributed by atoms with E-state index in [9.17, 15) is 4.79 Å². The minimum Gasteiger partial charge on any atom is -0.497 e. The average molecular weight is 244 g/mol. The standard InChI is InChI=1S/C12H12N4O2/c1-18-7-5-8(11(14)17)10(13)9(6-7)12-15-3-2-4-16-12/h2-6H,13H2,1H3,(H2,14,17). The van der Waals surface area contributed by atoms with Gasteiger partial charge in [-0.25, -0.2) is 9.97 Å². The first-order chi connectivity index (χ1) is 8.63. The van der Waals surface area contributed by atoms with Crippen molar-refractivity contribution in [2.75, 3.05) is 12.8 Å². The van der Waals surface area contributed by atoms with Crippen LogP contribution in [0.5, 0.6) is 5.75 Å².